The van der Waals surface area contributed by atoms with Gasteiger partial charge in [-0.1, -0.05) is 113 Å². The SMILES string of the molecule is CC(C)c1cc(C(C)C)c(N=Cc2cccc(C=Nc3c(C(C)C)cc(C(C)C)cc3C(C)C)n2)c(C(C)C)c1.[Cl-].[Cl-].[Cl-].[V+3]. The first-order valence-corrected chi connectivity index (χ1v) is 15.2. The molecule has 0 N–H and O–H groups in total. The molecule has 44 heavy (non-hydrogen) atoms. The molecular weight excluding hydrogens is 644 g/mol. The first-order valence-electron chi connectivity index (χ1n) is 15.2. The molecule has 0 saturated heterocycles. The first-order chi connectivity index (χ1) is 18.8. The minimum Gasteiger partial charge on any atom is -1.00 e. The number of aromatic nitrogens is 1. The van der Waals surface area contributed by atoms with Crippen LogP contribution < -0.4 is 37.2 Å². The molecule has 0 saturated carbocycles. The maximum atomic E-state index is 5.05. The van der Waals surface area contributed by atoms with E-state index in [1.807, 2.05) is 30.6 Å². The van der Waals surface area contributed by atoms with Crippen molar-refractivity contribution >= 4 is 23.8 Å². The predicted molar refractivity (Wildman–Crippen MR) is 176 cm³/mol. The van der Waals surface area contributed by atoms with Crippen molar-refractivity contribution in [2.24, 2.45) is 9.98 Å². The van der Waals surface area contributed by atoms with Crippen molar-refractivity contribution in [3.05, 3.63) is 87.2 Å². The van der Waals surface area contributed by atoms with Gasteiger partial charge in [-0.3, -0.25) is 9.98 Å². The van der Waals surface area contributed by atoms with Gasteiger partial charge >= 0.3 is 18.6 Å². The van der Waals surface area contributed by atoms with Crippen LogP contribution in [0.25, 0.3) is 0 Å². The van der Waals surface area contributed by atoms with Crippen molar-refractivity contribution < 1.29 is 55.8 Å². The molecule has 0 spiro atoms. The monoisotopic (exact) mass is 693 g/mol. The van der Waals surface area contributed by atoms with Gasteiger partial charge in [0.05, 0.1) is 35.2 Å². The van der Waals surface area contributed by atoms with Gasteiger partial charge < -0.3 is 37.2 Å². The van der Waals surface area contributed by atoms with E-state index in [2.05, 4.69) is 107 Å². The summed E-state index contributed by atoms with van der Waals surface area (Å²) in [6.45, 7) is 27.1. The molecule has 1 heterocycles. The van der Waals surface area contributed by atoms with Crippen molar-refractivity contribution in [1.82, 2.24) is 4.98 Å². The number of aliphatic imine (C=N–C) groups is 2. The number of nitrogens with zero attached hydrogens (tertiary/aromatic N) is 3. The molecule has 0 amide bonds. The second kappa shape index (κ2) is 19.8. The van der Waals surface area contributed by atoms with Crippen LogP contribution in [0.3, 0.4) is 0 Å². The fourth-order valence-electron chi connectivity index (χ4n) is 5.01. The fraction of sp³-hybridized carbons (Fsp3) is 0.486. The molecule has 1 aromatic heterocycles. The molecule has 240 valence electrons. The third-order valence-electron chi connectivity index (χ3n) is 7.65. The van der Waals surface area contributed by atoms with Gasteiger partial charge in [0, 0.05) is 0 Å². The third kappa shape index (κ3) is 11.3. The van der Waals surface area contributed by atoms with Gasteiger partial charge in [-0.15, -0.1) is 0 Å². The van der Waals surface area contributed by atoms with Crippen LogP contribution in [0, 0.1) is 0 Å². The van der Waals surface area contributed by atoms with E-state index in [0.717, 1.165) is 22.8 Å². The summed E-state index contributed by atoms with van der Waals surface area (Å²) in [5.74, 6) is 2.54. The van der Waals surface area contributed by atoms with E-state index < -0.39 is 0 Å². The molecule has 0 bridgehead atoms. The normalized spacial score (nSPS) is 11.5. The number of benzene rings is 2. The van der Waals surface area contributed by atoms with Crippen LogP contribution >= 0.6 is 0 Å². The molecule has 0 aliphatic carbocycles. The molecule has 0 aliphatic heterocycles. The van der Waals surface area contributed by atoms with Gasteiger partial charge in [0.25, 0.3) is 0 Å². The Hall–Kier alpha value is -1.62. The smallest absolute Gasteiger partial charge is 1.00 e. The minimum atomic E-state index is 0. The molecule has 0 radical (unpaired) electrons. The van der Waals surface area contributed by atoms with Crippen LogP contribution in [0.15, 0.2) is 52.4 Å². The van der Waals surface area contributed by atoms with Gasteiger partial charge in [0.15, 0.2) is 0 Å². The second-order valence-electron chi connectivity index (χ2n) is 13.0. The Morgan fingerprint density at radius 2 is 0.750 bits per heavy atom. The van der Waals surface area contributed by atoms with E-state index in [0.29, 0.717) is 35.5 Å². The topological polar surface area (TPSA) is 37.6 Å². The Bertz CT molecular complexity index is 1220. The Morgan fingerprint density at radius 3 is 0.977 bits per heavy atom. The molecule has 3 nitrogen and oxygen atoms in total. The van der Waals surface area contributed by atoms with Crippen LogP contribution in [-0.4, -0.2) is 17.4 Å². The standard InChI is InChI=1S/C37H51N3.3ClH.V/c1-22(2)28-16-32(24(5)6)36(33(17-28)25(7)8)38-20-30-14-13-15-31(40-30)21-39-37-34(26(9)10)18-29(23(3)4)19-35(37)27(11)12;;;;/h13-27H,1-12H3;3*1H;/q;;;;+3/p-3. The molecule has 0 aliphatic rings. The summed E-state index contributed by atoms with van der Waals surface area (Å²) in [6.07, 6.45) is 3.83. The second-order valence-corrected chi connectivity index (χ2v) is 13.0. The van der Waals surface area contributed by atoms with Crippen molar-refractivity contribution in [1.29, 1.82) is 0 Å². The molecule has 0 atom stereocenters. The fourth-order valence-corrected chi connectivity index (χ4v) is 5.01. The Morgan fingerprint density at radius 1 is 0.477 bits per heavy atom. The quantitative estimate of drug-likeness (QED) is 0.301. The predicted octanol–water partition coefficient (Wildman–Crippen LogP) is 2.33. The van der Waals surface area contributed by atoms with Gasteiger partial charge in [0.2, 0.25) is 0 Å². The van der Waals surface area contributed by atoms with Crippen LogP contribution in [0.1, 0.15) is 163 Å². The average molecular weight is 695 g/mol. The summed E-state index contributed by atoms with van der Waals surface area (Å²) in [5.41, 5.74) is 11.8. The van der Waals surface area contributed by atoms with Crippen LogP contribution in [-0.2, 0) is 18.6 Å². The van der Waals surface area contributed by atoms with Crippen molar-refractivity contribution in [2.45, 2.75) is 119 Å². The summed E-state index contributed by atoms with van der Waals surface area (Å²) >= 11 is 0. The molecule has 7 heteroatoms. The van der Waals surface area contributed by atoms with Gasteiger partial charge in [-0.05, 0) is 81.0 Å². The third-order valence-corrected chi connectivity index (χ3v) is 7.65. The zero-order chi connectivity index (χ0) is 29.7. The summed E-state index contributed by atoms with van der Waals surface area (Å²) in [7, 11) is 0. The number of hydrogen-bond acceptors (Lipinski definition) is 3. The van der Waals surface area contributed by atoms with E-state index in [1.165, 1.54) is 33.4 Å². The number of halogens is 3. The van der Waals surface area contributed by atoms with Crippen LogP contribution in [0.2, 0.25) is 0 Å². The van der Waals surface area contributed by atoms with E-state index in [9.17, 15) is 0 Å². The number of pyridine rings is 1. The van der Waals surface area contributed by atoms with Crippen molar-refractivity contribution in [3.8, 4) is 0 Å². The van der Waals surface area contributed by atoms with Gasteiger partial charge in [-0.25, -0.2) is 4.98 Å². The maximum absolute atomic E-state index is 5.05. The molecule has 2 aromatic carbocycles. The number of hydrogen-bond donors (Lipinski definition) is 0. The summed E-state index contributed by atoms with van der Waals surface area (Å²) in [6, 6.07) is 15.4. The van der Waals surface area contributed by atoms with Crippen LogP contribution in [0.4, 0.5) is 11.4 Å². The number of rotatable bonds is 10. The van der Waals surface area contributed by atoms with Crippen molar-refractivity contribution in [2.75, 3.05) is 0 Å². The largest absolute Gasteiger partial charge is 3.00 e. The summed E-state index contributed by atoms with van der Waals surface area (Å²) in [4.78, 5) is 15.0. The molecule has 0 unspecified atom stereocenters. The zero-order valence-corrected chi connectivity index (χ0v) is 32.2. The Kier molecular flexibility index (Phi) is 20.0. The van der Waals surface area contributed by atoms with Crippen LogP contribution in [0.5, 0.6) is 0 Å². The maximum Gasteiger partial charge on any atom is 3.00 e. The van der Waals surface area contributed by atoms with Gasteiger partial charge in [0.1, 0.15) is 0 Å². The Labute approximate surface area is 298 Å². The summed E-state index contributed by atoms with van der Waals surface area (Å²) in [5, 5.41) is 0. The molecule has 3 aromatic rings. The van der Waals surface area contributed by atoms with E-state index in [-0.39, 0.29) is 55.8 Å². The molecule has 3 rings (SSSR count). The minimum absolute atomic E-state index is 0. The molecule has 0 fully saturated rings. The van der Waals surface area contributed by atoms with E-state index in [1.54, 1.807) is 0 Å². The van der Waals surface area contributed by atoms with E-state index in [4.69, 9.17) is 15.0 Å². The summed E-state index contributed by atoms with van der Waals surface area (Å²) < 4.78 is 0. The van der Waals surface area contributed by atoms with Gasteiger partial charge in [-0.2, -0.15) is 0 Å². The first kappa shape index (κ1) is 44.5. The van der Waals surface area contributed by atoms with Crippen molar-refractivity contribution in [3.63, 3.8) is 0 Å². The molecular formula is C37H51Cl3N3V. The zero-order valence-electron chi connectivity index (χ0n) is 28.6. The average Bonchev–Trinajstić information content (AvgIpc) is 2.89. The van der Waals surface area contributed by atoms with E-state index >= 15 is 0 Å². The Balaban J connectivity index is 0.